The minimum Gasteiger partial charge on any atom is -0.351 e. The van der Waals surface area contributed by atoms with Gasteiger partial charge in [-0.05, 0) is 31.0 Å². The van der Waals surface area contributed by atoms with Crippen LogP contribution in [-0.4, -0.2) is 34.8 Å². The number of likely N-dealkylation sites (tertiary alicyclic amines) is 1. The van der Waals surface area contributed by atoms with Crippen LogP contribution in [0.1, 0.15) is 46.7 Å². The van der Waals surface area contributed by atoms with Crippen molar-refractivity contribution in [3.63, 3.8) is 0 Å². The van der Waals surface area contributed by atoms with Gasteiger partial charge in [-0.15, -0.1) is 11.3 Å². The summed E-state index contributed by atoms with van der Waals surface area (Å²) in [5.74, 6) is 0.432. The summed E-state index contributed by atoms with van der Waals surface area (Å²) in [6, 6.07) is 7.53. The van der Waals surface area contributed by atoms with Crippen molar-refractivity contribution in [2.24, 2.45) is 0 Å². The van der Waals surface area contributed by atoms with Crippen molar-refractivity contribution in [3.8, 4) is 0 Å². The Morgan fingerprint density at radius 2 is 2.12 bits per heavy atom. The second-order valence-electron chi connectivity index (χ2n) is 6.16. The van der Waals surface area contributed by atoms with Crippen molar-refractivity contribution in [2.45, 2.75) is 32.2 Å². The number of rotatable bonds is 4. The van der Waals surface area contributed by atoms with Gasteiger partial charge in [-0.25, -0.2) is 4.98 Å². The Balaban J connectivity index is 1.56. The summed E-state index contributed by atoms with van der Waals surface area (Å²) >= 11 is 5.06. The molecule has 5 nitrogen and oxygen atoms in total. The Labute approximate surface area is 159 Å². The summed E-state index contributed by atoms with van der Waals surface area (Å²) in [6.45, 7) is 3.48. The zero-order valence-electron chi connectivity index (χ0n) is 14.0. The fourth-order valence-electron chi connectivity index (χ4n) is 2.94. The predicted molar refractivity (Wildman–Crippen MR) is 102 cm³/mol. The first-order chi connectivity index (χ1) is 12.0. The Kier molecular flexibility index (Phi) is 5.86. The molecule has 0 spiro atoms. The summed E-state index contributed by atoms with van der Waals surface area (Å²) in [6.07, 6.45) is 1.85. The maximum atomic E-state index is 12.6. The molecule has 0 radical (unpaired) electrons. The Bertz CT molecular complexity index is 769. The molecule has 0 bridgehead atoms. The maximum Gasteiger partial charge on any atom is 0.253 e. The zero-order valence-corrected chi connectivity index (χ0v) is 16.4. The van der Waals surface area contributed by atoms with Gasteiger partial charge in [0.2, 0.25) is 5.91 Å². The molecule has 7 heteroatoms. The van der Waals surface area contributed by atoms with Crippen molar-refractivity contribution in [3.05, 3.63) is 50.4 Å². The Morgan fingerprint density at radius 1 is 1.36 bits per heavy atom. The van der Waals surface area contributed by atoms with Gasteiger partial charge in [0.1, 0.15) is 0 Å². The topological polar surface area (TPSA) is 62.3 Å². The fraction of sp³-hybridized carbons (Fsp3) is 0.389. The van der Waals surface area contributed by atoms with Crippen LogP contribution >= 0.6 is 27.3 Å². The average Bonchev–Trinajstić information content (AvgIpc) is 3.08. The molecule has 1 aromatic carbocycles. The Hall–Kier alpha value is -1.73. The number of nitrogens with one attached hydrogen (secondary N) is 1. The lowest BCUT2D eigenvalue weighted by atomic mass is 9.97. The van der Waals surface area contributed by atoms with Crippen LogP contribution < -0.4 is 5.32 Å². The van der Waals surface area contributed by atoms with E-state index >= 15 is 0 Å². The van der Waals surface area contributed by atoms with Gasteiger partial charge in [0.25, 0.3) is 5.91 Å². The van der Waals surface area contributed by atoms with Crippen LogP contribution in [-0.2, 0) is 11.3 Å². The standard InChI is InChI=1S/C18H20BrN3O2S/c1-12(23)20-10-16-11-25-17(21-16)13-5-7-22(8-6-13)18(24)14-3-2-4-15(19)9-14/h2-4,9,11,13H,5-8,10H2,1H3,(H,20,23). The molecule has 2 aromatic rings. The number of hydrogen-bond donors (Lipinski definition) is 1. The third-order valence-electron chi connectivity index (χ3n) is 4.29. The zero-order chi connectivity index (χ0) is 17.8. The molecule has 0 unspecified atom stereocenters. The molecule has 1 aliphatic heterocycles. The predicted octanol–water partition coefficient (Wildman–Crippen LogP) is 3.56. The molecule has 1 N–H and O–H groups in total. The van der Waals surface area contributed by atoms with Crippen molar-refractivity contribution < 1.29 is 9.59 Å². The first-order valence-electron chi connectivity index (χ1n) is 8.26. The van der Waals surface area contributed by atoms with E-state index in [1.54, 1.807) is 11.3 Å². The van der Waals surface area contributed by atoms with Gasteiger partial charge >= 0.3 is 0 Å². The molecule has 1 saturated heterocycles. The quantitative estimate of drug-likeness (QED) is 0.820. The van der Waals surface area contributed by atoms with Crippen molar-refractivity contribution in [1.29, 1.82) is 0 Å². The van der Waals surface area contributed by atoms with Crippen LogP contribution in [0.2, 0.25) is 0 Å². The van der Waals surface area contributed by atoms with Crippen LogP contribution in [0.5, 0.6) is 0 Å². The largest absolute Gasteiger partial charge is 0.351 e. The highest BCUT2D eigenvalue weighted by atomic mass is 79.9. The molecular formula is C18H20BrN3O2S. The highest BCUT2D eigenvalue weighted by Gasteiger charge is 2.26. The lowest BCUT2D eigenvalue weighted by Gasteiger charge is -2.31. The van der Waals surface area contributed by atoms with E-state index in [1.807, 2.05) is 34.5 Å². The summed E-state index contributed by atoms with van der Waals surface area (Å²) in [7, 11) is 0. The number of benzene rings is 1. The summed E-state index contributed by atoms with van der Waals surface area (Å²) in [5, 5.41) is 5.88. The number of carbonyl (C=O) groups excluding carboxylic acids is 2. The molecular weight excluding hydrogens is 402 g/mol. The van der Waals surface area contributed by atoms with Crippen LogP contribution in [0.3, 0.4) is 0 Å². The van der Waals surface area contributed by atoms with E-state index in [1.165, 1.54) is 6.92 Å². The van der Waals surface area contributed by atoms with Crippen molar-refractivity contribution >= 4 is 39.1 Å². The van der Waals surface area contributed by atoms with E-state index < -0.39 is 0 Å². The number of carbonyl (C=O) groups is 2. The van der Waals surface area contributed by atoms with Crippen molar-refractivity contribution in [2.75, 3.05) is 13.1 Å². The van der Waals surface area contributed by atoms with E-state index in [4.69, 9.17) is 0 Å². The lowest BCUT2D eigenvalue weighted by molar-refractivity contribution is -0.119. The molecule has 2 amide bonds. The smallest absolute Gasteiger partial charge is 0.253 e. The monoisotopic (exact) mass is 421 g/mol. The second-order valence-corrected chi connectivity index (χ2v) is 7.97. The molecule has 1 aliphatic rings. The molecule has 1 fully saturated rings. The number of nitrogens with zero attached hydrogens (tertiary/aromatic N) is 2. The van der Waals surface area contributed by atoms with Gasteiger partial charge in [0.05, 0.1) is 17.2 Å². The molecule has 3 rings (SSSR count). The van der Waals surface area contributed by atoms with Crippen LogP contribution in [0, 0.1) is 0 Å². The molecule has 2 heterocycles. The van der Waals surface area contributed by atoms with Crippen molar-refractivity contribution in [1.82, 2.24) is 15.2 Å². The molecule has 1 aromatic heterocycles. The minimum absolute atomic E-state index is 0.0473. The number of thiazole rings is 1. The van der Waals surface area contributed by atoms with Gasteiger partial charge in [-0.3, -0.25) is 9.59 Å². The van der Waals surface area contributed by atoms with E-state index in [0.717, 1.165) is 46.7 Å². The summed E-state index contributed by atoms with van der Waals surface area (Å²) in [4.78, 5) is 30.1. The van der Waals surface area contributed by atoms with E-state index in [-0.39, 0.29) is 11.8 Å². The lowest BCUT2D eigenvalue weighted by Crippen LogP contribution is -2.37. The van der Waals surface area contributed by atoms with Crippen LogP contribution in [0.15, 0.2) is 34.1 Å². The first kappa shape index (κ1) is 18.1. The molecule has 0 atom stereocenters. The SMILES string of the molecule is CC(=O)NCc1csc(C2CCN(C(=O)c3cccc(Br)c3)CC2)n1. The summed E-state index contributed by atoms with van der Waals surface area (Å²) < 4.78 is 0.919. The number of amides is 2. The molecule has 0 saturated carbocycles. The molecule has 25 heavy (non-hydrogen) atoms. The molecule has 132 valence electrons. The normalized spacial score (nSPS) is 15.2. The fourth-order valence-corrected chi connectivity index (χ4v) is 4.33. The van der Waals surface area contributed by atoms with Crippen LogP contribution in [0.25, 0.3) is 0 Å². The summed E-state index contributed by atoms with van der Waals surface area (Å²) in [5.41, 5.74) is 1.63. The first-order valence-corrected chi connectivity index (χ1v) is 9.94. The number of hydrogen-bond acceptors (Lipinski definition) is 4. The van der Waals surface area contributed by atoms with Gasteiger partial charge in [-0.1, -0.05) is 22.0 Å². The maximum absolute atomic E-state index is 12.6. The second kappa shape index (κ2) is 8.10. The minimum atomic E-state index is -0.0473. The number of halogens is 1. The van der Waals surface area contributed by atoms with Gasteiger partial charge in [0, 0.05) is 41.3 Å². The Morgan fingerprint density at radius 3 is 2.80 bits per heavy atom. The highest BCUT2D eigenvalue weighted by molar-refractivity contribution is 9.10. The van der Waals surface area contributed by atoms with E-state index in [0.29, 0.717) is 12.5 Å². The van der Waals surface area contributed by atoms with Crippen LogP contribution in [0.4, 0.5) is 0 Å². The van der Waals surface area contributed by atoms with Gasteiger partial charge in [-0.2, -0.15) is 0 Å². The number of piperidine rings is 1. The number of aromatic nitrogens is 1. The highest BCUT2D eigenvalue weighted by Crippen LogP contribution is 2.31. The van der Waals surface area contributed by atoms with Gasteiger partial charge < -0.3 is 10.2 Å². The van der Waals surface area contributed by atoms with E-state index in [9.17, 15) is 9.59 Å². The van der Waals surface area contributed by atoms with E-state index in [2.05, 4.69) is 26.2 Å². The average molecular weight is 422 g/mol. The third-order valence-corrected chi connectivity index (χ3v) is 5.84. The third kappa shape index (κ3) is 4.67. The van der Waals surface area contributed by atoms with Gasteiger partial charge in [0.15, 0.2) is 0 Å². The molecule has 0 aliphatic carbocycles.